The van der Waals surface area contributed by atoms with Crippen LogP contribution in [0.15, 0.2) is 0 Å². The first-order valence-electron chi connectivity index (χ1n) is 5.62. The maximum atomic E-state index is 11.4. The monoisotopic (exact) mass is 256 g/mol. The van der Waals surface area contributed by atoms with Crippen LogP contribution in [0.2, 0.25) is 0 Å². The van der Waals surface area contributed by atoms with Crippen LogP contribution in [-0.4, -0.2) is 42.1 Å². The molecule has 0 bridgehead atoms. The largest absolute Gasteiger partial charge is 0.383 e. The summed E-state index contributed by atoms with van der Waals surface area (Å²) in [6, 6.07) is 0. The second-order valence-corrected chi connectivity index (χ2v) is 4.68. The molecule has 1 aliphatic rings. The van der Waals surface area contributed by atoms with E-state index in [0.717, 1.165) is 5.82 Å². The van der Waals surface area contributed by atoms with Crippen LogP contribution in [0.1, 0.15) is 24.6 Å². The molecule has 1 aliphatic carbocycles. The number of rotatable bonds is 7. The lowest BCUT2D eigenvalue weighted by atomic mass is 10.4. The molecule has 7 heteroatoms. The SMILES string of the molecule is COCCNC(=O)CNc1nc(C2CC2)ns1. The number of nitrogens with one attached hydrogen (secondary N) is 2. The highest BCUT2D eigenvalue weighted by atomic mass is 32.1. The Hall–Kier alpha value is -1.21. The fraction of sp³-hybridized carbons (Fsp3) is 0.700. The van der Waals surface area contributed by atoms with E-state index in [4.69, 9.17) is 4.74 Å². The number of methoxy groups -OCH3 is 1. The number of ether oxygens (including phenoxy) is 1. The quantitative estimate of drug-likeness (QED) is 0.698. The molecule has 0 saturated heterocycles. The summed E-state index contributed by atoms with van der Waals surface area (Å²) >= 11 is 1.31. The Bertz CT molecular complexity index is 378. The van der Waals surface area contributed by atoms with Crippen molar-refractivity contribution in [1.82, 2.24) is 14.7 Å². The Kier molecular flexibility index (Phi) is 4.27. The Morgan fingerprint density at radius 2 is 2.41 bits per heavy atom. The van der Waals surface area contributed by atoms with E-state index in [9.17, 15) is 4.79 Å². The maximum absolute atomic E-state index is 11.4. The molecule has 0 spiro atoms. The van der Waals surface area contributed by atoms with E-state index in [1.807, 2.05) is 0 Å². The molecule has 94 valence electrons. The zero-order valence-corrected chi connectivity index (χ0v) is 10.5. The van der Waals surface area contributed by atoms with Crippen molar-refractivity contribution < 1.29 is 9.53 Å². The van der Waals surface area contributed by atoms with Gasteiger partial charge in [0, 0.05) is 31.1 Å². The van der Waals surface area contributed by atoms with Crippen LogP contribution < -0.4 is 10.6 Å². The molecule has 2 rings (SSSR count). The Morgan fingerprint density at radius 3 is 3.12 bits per heavy atom. The molecule has 17 heavy (non-hydrogen) atoms. The third-order valence-electron chi connectivity index (χ3n) is 2.41. The van der Waals surface area contributed by atoms with E-state index >= 15 is 0 Å². The van der Waals surface area contributed by atoms with Gasteiger partial charge in [-0.05, 0) is 12.8 Å². The van der Waals surface area contributed by atoms with Gasteiger partial charge in [0.1, 0.15) is 5.82 Å². The summed E-state index contributed by atoms with van der Waals surface area (Å²) in [6.07, 6.45) is 2.38. The average Bonchev–Trinajstić information content (AvgIpc) is 3.07. The minimum absolute atomic E-state index is 0.0646. The Balaban J connectivity index is 1.67. The fourth-order valence-corrected chi connectivity index (χ4v) is 1.97. The van der Waals surface area contributed by atoms with Crippen molar-refractivity contribution >= 4 is 22.6 Å². The van der Waals surface area contributed by atoms with Gasteiger partial charge in [0.25, 0.3) is 0 Å². The van der Waals surface area contributed by atoms with E-state index in [0.29, 0.717) is 24.2 Å². The van der Waals surface area contributed by atoms with Crippen LogP contribution in [0.25, 0.3) is 0 Å². The van der Waals surface area contributed by atoms with Gasteiger partial charge >= 0.3 is 0 Å². The summed E-state index contributed by atoms with van der Waals surface area (Å²) in [7, 11) is 1.60. The standard InChI is InChI=1S/C10H16N4O2S/c1-16-5-4-11-8(15)6-12-10-13-9(14-17-10)7-2-3-7/h7H,2-6H2,1H3,(H,11,15)(H,12,13,14). The van der Waals surface area contributed by atoms with Gasteiger partial charge < -0.3 is 15.4 Å². The molecule has 6 nitrogen and oxygen atoms in total. The highest BCUT2D eigenvalue weighted by Gasteiger charge is 2.27. The third kappa shape index (κ3) is 3.94. The first-order valence-corrected chi connectivity index (χ1v) is 6.40. The van der Waals surface area contributed by atoms with E-state index in [2.05, 4.69) is 20.0 Å². The normalized spacial score (nSPS) is 14.6. The molecule has 2 N–H and O–H groups in total. The van der Waals surface area contributed by atoms with Gasteiger partial charge in [0.05, 0.1) is 13.2 Å². The second kappa shape index (κ2) is 5.92. The molecular weight excluding hydrogens is 240 g/mol. The van der Waals surface area contributed by atoms with Crippen molar-refractivity contribution in [3.8, 4) is 0 Å². The van der Waals surface area contributed by atoms with Crippen molar-refractivity contribution in [2.24, 2.45) is 0 Å². The highest BCUT2D eigenvalue weighted by molar-refractivity contribution is 7.09. The van der Waals surface area contributed by atoms with E-state index in [1.54, 1.807) is 7.11 Å². The maximum Gasteiger partial charge on any atom is 0.239 e. The number of amides is 1. The van der Waals surface area contributed by atoms with Crippen molar-refractivity contribution in [3.05, 3.63) is 5.82 Å². The minimum Gasteiger partial charge on any atom is -0.383 e. The molecule has 0 aliphatic heterocycles. The average molecular weight is 256 g/mol. The van der Waals surface area contributed by atoms with Crippen molar-refractivity contribution in [1.29, 1.82) is 0 Å². The summed E-state index contributed by atoms with van der Waals surface area (Å²) in [5.74, 6) is 1.40. The molecule has 1 amide bonds. The van der Waals surface area contributed by atoms with Gasteiger partial charge in [-0.1, -0.05) is 0 Å². The number of carbonyl (C=O) groups is 1. The first-order chi connectivity index (χ1) is 8.29. The van der Waals surface area contributed by atoms with E-state index in [-0.39, 0.29) is 12.5 Å². The molecule has 0 radical (unpaired) electrons. The summed E-state index contributed by atoms with van der Waals surface area (Å²) in [5.41, 5.74) is 0. The molecule has 0 atom stereocenters. The zero-order valence-electron chi connectivity index (χ0n) is 9.73. The lowest BCUT2D eigenvalue weighted by Crippen LogP contribution is -2.32. The molecule has 1 heterocycles. The number of aromatic nitrogens is 2. The number of nitrogens with zero attached hydrogens (tertiary/aromatic N) is 2. The first kappa shape index (κ1) is 12.3. The topological polar surface area (TPSA) is 76.1 Å². The van der Waals surface area contributed by atoms with E-state index < -0.39 is 0 Å². The Labute approximate surface area is 104 Å². The smallest absolute Gasteiger partial charge is 0.239 e. The van der Waals surface area contributed by atoms with Crippen molar-refractivity contribution in [2.75, 3.05) is 32.1 Å². The van der Waals surface area contributed by atoms with E-state index in [1.165, 1.54) is 24.4 Å². The Morgan fingerprint density at radius 1 is 1.59 bits per heavy atom. The predicted molar refractivity (Wildman–Crippen MR) is 65.3 cm³/mol. The van der Waals surface area contributed by atoms with Gasteiger partial charge in [0.15, 0.2) is 0 Å². The number of carbonyl (C=O) groups excluding carboxylic acids is 1. The predicted octanol–water partition coefficient (Wildman–Crippen LogP) is 0.590. The molecule has 1 aromatic heterocycles. The number of hydrogen-bond donors (Lipinski definition) is 2. The zero-order chi connectivity index (χ0) is 12.1. The van der Waals surface area contributed by atoms with Gasteiger partial charge in [0.2, 0.25) is 11.0 Å². The van der Waals surface area contributed by atoms with Crippen LogP contribution in [0.3, 0.4) is 0 Å². The van der Waals surface area contributed by atoms with Crippen molar-refractivity contribution in [2.45, 2.75) is 18.8 Å². The molecule has 0 unspecified atom stereocenters. The van der Waals surface area contributed by atoms with Gasteiger partial charge in [-0.15, -0.1) is 0 Å². The summed E-state index contributed by atoms with van der Waals surface area (Å²) in [5, 5.41) is 6.41. The highest BCUT2D eigenvalue weighted by Crippen LogP contribution is 2.39. The second-order valence-electron chi connectivity index (χ2n) is 3.93. The molecule has 1 fully saturated rings. The third-order valence-corrected chi connectivity index (χ3v) is 3.10. The molecule has 0 aromatic carbocycles. The lowest BCUT2D eigenvalue weighted by molar-refractivity contribution is -0.119. The minimum atomic E-state index is -0.0646. The van der Waals surface area contributed by atoms with Crippen LogP contribution in [0, 0.1) is 0 Å². The fourth-order valence-electron chi connectivity index (χ4n) is 1.32. The van der Waals surface area contributed by atoms with Crippen LogP contribution in [-0.2, 0) is 9.53 Å². The van der Waals surface area contributed by atoms with Gasteiger partial charge in [-0.25, -0.2) is 4.98 Å². The lowest BCUT2D eigenvalue weighted by Gasteiger charge is -2.04. The van der Waals surface area contributed by atoms with Gasteiger partial charge in [-0.2, -0.15) is 4.37 Å². The van der Waals surface area contributed by atoms with Crippen LogP contribution in [0.5, 0.6) is 0 Å². The number of hydrogen-bond acceptors (Lipinski definition) is 6. The summed E-state index contributed by atoms with van der Waals surface area (Å²) < 4.78 is 9.08. The van der Waals surface area contributed by atoms with Crippen LogP contribution in [0.4, 0.5) is 5.13 Å². The summed E-state index contributed by atoms with van der Waals surface area (Å²) in [4.78, 5) is 15.7. The molecule has 1 aromatic rings. The van der Waals surface area contributed by atoms with Gasteiger partial charge in [-0.3, -0.25) is 4.79 Å². The van der Waals surface area contributed by atoms with Crippen molar-refractivity contribution in [3.63, 3.8) is 0 Å². The van der Waals surface area contributed by atoms with Crippen LogP contribution >= 0.6 is 11.5 Å². The molecule has 1 saturated carbocycles. The molecular formula is C10H16N4O2S. The summed E-state index contributed by atoms with van der Waals surface area (Å²) in [6.45, 7) is 1.28. The number of anilines is 1.